The van der Waals surface area contributed by atoms with Crippen molar-refractivity contribution in [3.8, 4) is 0 Å². The Labute approximate surface area is 121 Å². The van der Waals surface area contributed by atoms with Crippen LogP contribution in [0.15, 0.2) is 6.20 Å². The van der Waals surface area contributed by atoms with Crippen LogP contribution in [0.4, 0.5) is 5.95 Å². The van der Waals surface area contributed by atoms with Crippen molar-refractivity contribution in [2.45, 2.75) is 33.2 Å². The molecule has 2 N–H and O–H groups in total. The van der Waals surface area contributed by atoms with Gasteiger partial charge in [-0.2, -0.15) is 5.10 Å². The van der Waals surface area contributed by atoms with E-state index in [1.54, 1.807) is 11.3 Å². The molecule has 3 rings (SSSR count). The third kappa shape index (κ3) is 1.81. The first-order chi connectivity index (χ1) is 9.52. The number of nitrogens with zero attached hydrogens (tertiary/aromatic N) is 5. The van der Waals surface area contributed by atoms with E-state index in [0.29, 0.717) is 5.95 Å². The van der Waals surface area contributed by atoms with Crippen LogP contribution in [0, 0.1) is 6.92 Å². The minimum atomic E-state index is 0.0545. The monoisotopic (exact) mass is 290 g/mol. The molecular weight excluding hydrogens is 272 g/mol. The third-order valence-electron chi connectivity index (χ3n) is 3.48. The van der Waals surface area contributed by atoms with Gasteiger partial charge in [0.15, 0.2) is 5.65 Å². The van der Waals surface area contributed by atoms with Crippen molar-refractivity contribution in [1.29, 1.82) is 0 Å². The second-order valence-corrected chi connectivity index (χ2v) is 6.19. The predicted octanol–water partition coefficient (Wildman–Crippen LogP) is 2.29. The SMILES string of the molecule is CCc1nn(C)c2c1nc(N)n2C(C)c1ncc(C)s1. The zero-order valence-electron chi connectivity index (χ0n) is 12.1. The largest absolute Gasteiger partial charge is 0.369 e. The average Bonchev–Trinajstić information content (AvgIpc) is 3.05. The summed E-state index contributed by atoms with van der Waals surface area (Å²) in [6.07, 6.45) is 2.74. The van der Waals surface area contributed by atoms with Gasteiger partial charge in [0, 0.05) is 18.1 Å². The van der Waals surface area contributed by atoms with E-state index in [1.165, 1.54) is 4.88 Å². The van der Waals surface area contributed by atoms with Gasteiger partial charge in [0.1, 0.15) is 10.5 Å². The van der Waals surface area contributed by atoms with E-state index in [0.717, 1.165) is 28.3 Å². The van der Waals surface area contributed by atoms with Crippen LogP contribution in [0.25, 0.3) is 11.2 Å². The maximum atomic E-state index is 6.12. The van der Waals surface area contributed by atoms with Crippen molar-refractivity contribution in [1.82, 2.24) is 24.3 Å². The van der Waals surface area contributed by atoms with Crippen LogP contribution in [0.3, 0.4) is 0 Å². The lowest BCUT2D eigenvalue weighted by Gasteiger charge is -2.13. The highest BCUT2D eigenvalue weighted by Gasteiger charge is 2.22. The Hall–Kier alpha value is -1.89. The fourth-order valence-electron chi connectivity index (χ4n) is 2.52. The molecule has 0 radical (unpaired) electrons. The lowest BCUT2D eigenvalue weighted by Crippen LogP contribution is -2.12. The van der Waals surface area contributed by atoms with Crippen molar-refractivity contribution < 1.29 is 0 Å². The van der Waals surface area contributed by atoms with Crippen LogP contribution in [0.1, 0.15) is 35.5 Å². The van der Waals surface area contributed by atoms with Gasteiger partial charge in [-0.15, -0.1) is 11.3 Å². The lowest BCUT2D eigenvalue weighted by atomic mass is 10.3. The number of aryl methyl sites for hydroxylation is 3. The first-order valence-electron chi connectivity index (χ1n) is 6.64. The molecule has 3 aromatic rings. The Balaban J connectivity index is 2.20. The van der Waals surface area contributed by atoms with Crippen LogP contribution in [0.2, 0.25) is 0 Å². The van der Waals surface area contributed by atoms with Gasteiger partial charge in [0.25, 0.3) is 0 Å². The smallest absolute Gasteiger partial charge is 0.203 e. The number of thiazole rings is 1. The number of imidazole rings is 1. The Morgan fingerprint density at radius 3 is 2.80 bits per heavy atom. The van der Waals surface area contributed by atoms with Crippen molar-refractivity contribution in [2.75, 3.05) is 5.73 Å². The summed E-state index contributed by atoms with van der Waals surface area (Å²) in [6, 6.07) is 0.0545. The highest BCUT2D eigenvalue weighted by molar-refractivity contribution is 7.11. The van der Waals surface area contributed by atoms with Crippen molar-refractivity contribution in [3.05, 3.63) is 21.8 Å². The van der Waals surface area contributed by atoms with Gasteiger partial charge in [-0.1, -0.05) is 6.92 Å². The fraction of sp³-hybridized carbons (Fsp3) is 0.462. The van der Waals surface area contributed by atoms with Crippen LogP contribution >= 0.6 is 11.3 Å². The summed E-state index contributed by atoms with van der Waals surface area (Å²) in [5.74, 6) is 0.517. The molecule has 1 atom stereocenters. The average molecular weight is 290 g/mol. The van der Waals surface area contributed by atoms with Gasteiger partial charge in [0.2, 0.25) is 5.95 Å². The van der Waals surface area contributed by atoms with Gasteiger partial charge >= 0.3 is 0 Å². The second kappa shape index (κ2) is 4.59. The van der Waals surface area contributed by atoms with Gasteiger partial charge in [0.05, 0.1) is 11.7 Å². The summed E-state index contributed by atoms with van der Waals surface area (Å²) >= 11 is 1.68. The minimum absolute atomic E-state index is 0.0545. The number of anilines is 1. The molecular formula is C13H18N6S. The van der Waals surface area contributed by atoms with Crippen molar-refractivity contribution >= 4 is 28.4 Å². The molecule has 0 bridgehead atoms. The van der Waals surface area contributed by atoms with Gasteiger partial charge in [-0.05, 0) is 20.3 Å². The van der Waals surface area contributed by atoms with Crippen molar-refractivity contribution in [3.63, 3.8) is 0 Å². The van der Waals surface area contributed by atoms with Gasteiger partial charge < -0.3 is 5.73 Å². The third-order valence-corrected chi connectivity index (χ3v) is 4.57. The fourth-order valence-corrected chi connectivity index (χ4v) is 3.33. The Kier molecular flexibility index (Phi) is 3.01. The van der Waals surface area contributed by atoms with Gasteiger partial charge in [-0.25, -0.2) is 9.97 Å². The molecule has 0 aliphatic rings. The zero-order valence-corrected chi connectivity index (χ0v) is 12.9. The summed E-state index contributed by atoms with van der Waals surface area (Å²) in [4.78, 5) is 10.1. The van der Waals surface area contributed by atoms with E-state index in [1.807, 2.05) is 22.5 Å². The van der Waals surface area contributed by atoms with E-state index in [9.17, 15) is 0 Å². The summed E-state index contributed by atoms with van der Waals surface area (Å²) < 4.78 is 3.87. The highest BCUT2D eigenvalue weighted by atomic mass is 32.1. The van der Waals surface area contributed by atoms with E-state index in [4.69, 9.17) is 5.73 Å². The number of rotatable bonds is 3. The van der Waals surface area contributed by atoms with Crippen LogP contribution in [-0.4, -0.2) is 24.3 Å². The van der Waals surface area contributed by atoms with Crippen molar-refractivity contribution in [2.24, 2.45) is 7.05 Å². The molecule has 1 unspecified atom stereocenters. The number of fused-ring (bicyclic) bond motifs is 1. The molecule has 3 heterocycles. The van der Waals surface area contributed by atoms with E-state index >= 15 is 0 Å². The molecule has 106 valence electrons. The summed E-state index contributed by atoms with van der Waals surface area (Å²) in [5.41, 5.74) is 8.96. The maximum Gasteiger partial charge on any atom is 0.203 e. The van der Waals surface area contributed by atoms with E-state index in [2.05, 4.69) is 35.8 Å². The lowest BCUT2D eigenvalue weighted by molar-refractivity contribution is 0.631. The highest BCUT2D eigenvalue weighted by Crippen LogP contribution is 2.30. The molecule has 0 spiro atoms. The molecule has 0 aromatic carbocycles. The first-order valence-corrected chi connectivity index (χ1v) is 7.46. The second-order valence-electron chi connectivity index (χ2n) is 4.92. The van der Waals surface area contributed by atoms with Crippen LogP contribution in [-0.2, 0) is 13.5 Å². The molecule has 7 heteroatoms. The van der Waals surface area contributed by atoms with E-state index in [-0.39, 0.29) is 6.04 Å². The number of nitrogen functional groups attached to an aromatic ring is 1. The maximum absolute atomic E-state index is 6.12. The standard InChI is InChI=1S/C13H18N6S/c1-5-9-10-12(18(4)17-9)19(13(14)16-10)8(3)11-15-6-7(2)20-11/h6,8H,5H2,1-4H3,(H2,14,16). The zero-order chi connectivity index (χ0) is 14.4. The van der Waals surface area contributed by atoms with E-state index < -0.39 is 0 Å². The quantitative estimate of drug-likeness (QED) is 0.803. The molecule has 20 heavy (non-hydrogen) atoms. The summed E-state index contributed by atoms with van der Waals surface area (Å²) in [5, 5.41) is 5.55. The van der Waals surface area contributed by atoms with Crippen LogP contribution < -0.4 is 5.73 Å². The Morgan fingerprint density at radius 1 is 1.45 bits per heavy atom. The Morgan fingerprint density at radius 2 is 2.20 bits per heavy atom. The molecule has 3 aromatic heterocycles. The topological polar surface area (TPSA) is 74.6 Å². The Bertz CT molecular complexity index is 765. The number of hydrogen-bond acceptors (Lipinski definition) is 5. The molecule has 0 aliphatic carbocycles. The molecule has 0 saturated carbocycles. The predicted molar refractivity (Wildman–Crippen MR) is 81.0 cm³/mol. The summed E-state index contributed by atoms with van der Waals surface area (Å²) in [6.45, 7) is 6.22. The molecule has 0 fully saturated rings. The normalized spacial score (nSPS) is 13.2. The summed E-state index contributed by atoms with van der Waals surface area (Å²) in [7, 11) is 1.93. The molecule has 0 saturated heterocycles. The van der Waals surface area contributed by atoms with Crippen LogP contribution in [0.5, 0.6) is 0 Å². The minimum Gasteiger partial charge on any atom is -0.369 e. The molecule has 6 nitrogen and oxygen atoms in total. The molecule has 0 amide bonds. The molecule has 0 aliphatic heterocycles. The number of hydrogen-bond donors (Lipinski definition) is 1. The first kappa shape index (κ1) is 13.1. The number of aromatic nitrogens is 5. The number of nitrogens with two attached hydrogens (primary N) is 1. The van der Waals surface area contributed by atoms with Gasteiger partial charge in [-0.3, -0.25) is 9.25 Å².